The van der Waals surface area contributed by atoms with Crippen LogP contribution in [0.3, 0.4) is 0 Å². The van der Waals surface area contributed by atoms with Gasteiger partial charge in [0.25, 0.3) is 0 Å². The summed E-state index contributed by atoms with van der Waals surface area (Å²) in [7, 11) is 0. The Labute approximate surface area is 360 Å². The van der Waals surface area contributed by atoms with Gasteiger partial charge < -0.3 is 34.0 Å². The maximum atomic E-state index is 14.7. The fourth-order valence-electron chi connectivity index (χ4n) is 9.77. The fraction of sp³-hybridized carbons (Fsp3) is 0.412. The Hall–Kier alpha value is -5.42. The number of fused-ring (bicyclic) bond motifs is 3. The summed E-state index contributed by atoms with van der Waals surface area (Å²) < 4.78 is 26.6. The highest BCUT2D eigenvalue weighted by Gasteiger charge is 2.65. The second-order valence-electron chi connectivity index (χ2n) is 16.1. The first-order valence-electron chi connectivity index (χ1n) is 21.8. The van der Waals surface area contributed by atoms with Gasteiger partial charge in [0.15, 0.2) is 0 Å². The van der Waals surface area contributed by atoms with E-state index in [-0.39, 0.29) is 63.8 Å². The monoisotopic (exact) mass is 828 g/mol. The number of hydrogen-bond acceptors (Lipinski definition) is 9. The van der Waals surface area contributed by atoms with Crippen molar-refractivity contribution < 1.29 is 38.8 Å². The smallest absolute Gasteiger partial charge is 0.410 e. The molecule has 0 spiro atoms. The summed E-state index contributed by atoms with van der Waals surface area (Å²) in [5.74, 6) is -0.578. The Morgan fingerprint density at radius 3 is 2.44 bits per heavy atom. The lowest BCUT2D eigenvalue weighted by atomic mass is 9.55. The Kier molecular flexibility index (Phi) is 15.0. The highest BCUT2D eigenvalue weighted by molar-refractivity contribution is 6.03. The lowest BCUT2D eigenvalue weighted by molar-refractivity contribution is -0.256. The van der Waals surface area contributed by atoms with Crippen molar-refractivity contribution in [2.24, 2.45) is 22.9 Å². The van der Waals surface area contributed by atoms with Gasteiger partial charge in [-0.25, -0.2) is 4.79 Å². The van der Waals surface area contributed by atoms with Crippen LogP contribution in [0.15, 0.2) is 133 Å². The molecule has 6 unspecified atom stereocenters. The number of carbonyl (C=O) groups excluding carboxylic acids is 1. The van der Waals surface area contributed by atoms with Gasteiger partial charge in [0.1, 0.15) is 30.8 Å². The van der Waals surface area contributed by atoms with E-state index in [9.17, 15) is 15.0 Å². The van der Waals surface area contributed by atoms with Crippen LogP contribution < -0.4 is 9.47 Å². The molecule has 0 saturated heterocycles. The van der Waals surface area contributed by atoms with Gasteiger partial charge in [-0.05, 0) is 90.1 Å². The van der Waals surface area contributed by atoms with Gasteiger partial charge in [0, 0.05) is 31.1 Å². The molecule has 4 aromatic carbocycles. The van der Waals surface area contributed by atoms with E-state index in [1.54, 1.807) is 17.1 Å². The quantitative estimate of drug-likeness (QED) is 0.0484. The van der Waals surface area contributed by atoms with Crippen molar-refractivity contribution in [3.05, 3.63) is 145 Å². The van der Waals surface area contributed by atoms with E-state index in [1.807, 2.05) is 67.6 Å². The summed E-state index contributed by atoms with van der Waals surface area (Å²) in [4.78, 5) is 22.7. The average Bonchev–Trinajstić information content (AvgIpc) is 3.28. The fourth-order valence-corrected chi connectivity index (χ4v) is 9.77. The van der Waals surface area contributed by atoms with Gasteiger partial charge in [0.2, 0.25) is 5.79 Å². The number of ether oxygens (including phenoxy) is 4. The SMILES string of the molecule is C=CCOc1ccc2c(c1)C1C(CCCCO)C(CCCCO)C=C3C(=NOCc4ccccc4)CC(N(Cc4cccc5ccccc45)C(=O)OCC)C(OCC=C)(O2)C31. The molecule has 1 aliphatic heterocycles. The standard InChI is InChI=1S/C51H60N2O8/c1-4-29-58-40-25-26-46-44(32-40)48-42(24-13-15-28-55)38(20-12-14-27-54)31-43-45(52-60-35-36-17-8-7-9-18-36)33-47(51(61-46,49(43)48)59-30-5-2)53(50(56)57-6-3)34-39-22-16-21-37-19-10-11-23-41(37)39/h4-5,7-11,16-19,21-23,25-26,31-32,38,42,47-49,54-55H,1-2,6,12-15,20,24,27-30,33-35H2,3H3. The third kappa shape index (κ3) is 9.57. The summed E-state index contributed by atoms with van der Waals surface area (Å²) >= 11 is 0. The third-order valence-corrected chi connectivity index (χ3v) is 12.4. The minimum Gasteiger partial charge on any atom is -0.490 e. The van der Waals surface area contributed by atoms with Crippen LogP contribution in [-0.4, -0.2) is 71.8 Å². The summed E-state index contributed by atoms with van der Waals surface area (Å²) in [5.41, 5.74) is 4.60. The second kappa shape index (κ2) is 20.9. The highest BCUT2D eigenvalue weighted by atomic mass is 16.7. The number of oxime groups is 1. The first-order valence-corrected chi connectivity index (χ1v) is 21.8. The second-order valence-corrected chi connectivity index (χ2v) is 16.1. The van der Waals surface area contributed by atoms with Crippen LogP contribution in [0.2, 0.25) is 0 Å². The lowest BCUT2D eigenvalue weighted by Gasteiger charge is -2.59. The normalized spacial score (nSPS) is 23.2. The van der Waals surface area contributed by atoms with E-state index in [0.29, 0.717) is 36.7 Å². The van der Waals surface area contributed by atoms with Gasteiger partial charge in [-0.2, -0.15) is 0 Å². The Bertz CT molecular complexity index is 2160. The number of aliphatic hydroxyl groups excluding tert-OH is 2. The van der Waals surface area contributed by atoms with E-state index >= 15 is 0 Å². The first kappa shape index (κ1) is 43.7. The molecular weight excluding hydrogens is 769 g/mol. The molecule has 0 aromatic heterocycles. The van der Waals surface area contributed by atoms with Crippen LogP contribution in [0.4, 0.5) is 4.79 Å². The molecule has 3 aliphatic rings. The summed E-state index contributed by atoms with van der Waals surface area (Å²) in [6.07, 6.45) is 10.2. The molecule has 0 bridgehead atoms. The maximum absolute atomic E-state index is 14.7. The molecule has 10 heteroatoms. The van der Waals surface area contributed by atoms with E-state index in [0.717, 1.165) is 58.7 Å². The van der Waals surface area contributed by atoms with Crippen molar-refractivity contribution in [3.8, 4) is 11.5 Å². The van der Waals surface area contributed by atoms with Crippen LogP contribution in [0, 0.1) is 17.8 Å². The zero-order valence-corrected chi connectivity index (χ0v) is 35.3. The molecule has 2 N–H and O–H groups in total. The predicted octanol–water partition coefficient (Wildman–Crippen LogP) is 9.90. The lowest BCUT2D eigenvalue weighted by Crippen LogP contribution is -2.70. The van der Waals surface area contributed by atoms with Crippen LogP contribution in [0.25, 0.3) is 10.8 Å². The summed E-state index contributed by atoms with van der Waals surface area (Å²) in [6, 6.07) is 29.4. The van der Waals surface area contributed by atoms with Crippen molar-refractivity contribution in [2.75, 3.05) is 33.0 Å². The van der Waals surface area contributed by atoms with Crippen molar-refractivity contribution in [2.45, 2.75) is 82.8 Å². The first-order chi connectivity index (χ1) is 30.0. The zero-order valence-electron chi connectivity index (χ0n) is 35.3. The number of unbranched alkanes of at least 4 members (excludes halogenated alkanes) is 2. The maximum Gasteiger partial charge on any atom is 0.410 e. The minimum atomic E-state index is -1.43. The number of nitrogens with zero attached hydrogens (tertiary/aromatic N) is 2. The van der Waals surface area contributed by atoms with Crippen LogP contribution >= 0.6 is 0 Å². The molecule has 1 saturated carbocycles. The topological polar surface area (TPSA) is 119 Å². The molecule has 6 atom stereocenters. The van der Waals surface area contributed by atoms with E-state index < -0.39 is 23.8 Å². The van der Waals surface area contributed by atoms with Crippen molar-refractivity contribution in [1.82, 2.24) is 4.90 Å². The predicted molar refractivity (Wildman–Crippen MR) is 238 cm³/mol. The van der Waals surface area contributed by atoms with E-state index in [4.69, 9.17) is 28.9 Å². The van der Waals surface area contributed by atoms with Gasteiger partial charge in [-0.1, -0.05) is 116 Å². The van der Waals surface area contributed by atoms with Gasteiger partial charge in [0.05, 0.1) is 31.4 Å². The van der Waals surface area contributed by atoms with Crippen LogP contribution in [0.5, 0.6) is 11.5 Å². The zero-order chi connectivity index (χ0) is 42.6. The van der Waals surface area contributed by atoms with Crippen molar-refractivity contribution in [1.29, 1.82) is 0 Å². The molecule has 322 valence electrons. The molecule has 61 heavy (non-hydrogen) atoms. The number of aliphatic hydroxyl groups is 2. The number of benzene rings is 4. The Morgan fingerprint density at radius 1 is 0.918 bits per heavy atom. The van der Waals surface area contributed by atoms with Crippen molar-refractivity contribution in [3.63, 3.8) is 0 Å². The minimum absolute atomic E-state index is 0.0716. The molecule has 1 amide bonds. The number of hydrogen-bond donors (Lipinski definition) is 2. The number of amides is 1. The van der Waals surface area contributed by atoms with Crippen LogP contribution in [-0.2, 0) is 27.5 Å². The summed E-state index contributed by atoms with van der Waals surface area (Å²) in [5, 5.41) is 27.0. The van der Waals surface area contributed by atoms with Gasteiger partial charge in [-0.3, -0.25) is 4.90 Å². The number of rotatable bonds is 21. The molecular formula is C51H60N2O8. The molecule has 2 aliphatic carbocycles. The van der Waals surface area contributed by atoms with E-state index in [2.05, 4.69) is 49.6 Å². The highest BCUT2D eigenvalue weighted by Crippen LogP contribution is 2.62. The van der Waals surface area contributed by atoms with Crippen molar-refractivity contribution >= 4 is 22.6 Å². The Balaban J connectivity index is 1.47. The largest absolute Gasteiger partial charge is 0.490 e. The molecule has 0 radical (unpaired) electrons. The molecule has 4 aromatic rings. The number of carbonyl (C=O) groups is 1. The Morgan fingerprint density at radius 2 is 1.67 bits per heavy atom. The van der Waals surface area contributed by atoms with E-state index in [1.165, 1.54) is 0 Å². The molecule has 7 rings (SSSR count). The summed E-state index contributed by atoms with van der Waals surface area (Å²) in [6.45, 7) is 11.1. The molecule has 1 heterocycles. The molecule has 10 nitrogen and oxygen atoms in total. The van der Waals surface area contributed by atoms with Crippen LogP contribution in [0.1, 0.15) is 74.5 Å². The van der Waals surface area contributed by atoms with Gasteiger partial charge >= 0.3 is 6.09 Å². The third-order valence-electron chi connectivity index (χ3n) is 12.4. The molecule has 1 fully saturated rings. The number of allylic oxidation sites excluding steroid dienone is 1. The van der Waals surface area contributed by atoms with Gasteiger partial charge in [-0.15, -0.1) is 6.58 Å². The average molecular weight is 829 g/mol.